The van der Waals surface area contributed by atoms with Crippen molar-refractivity contribution in [2.45, 2.75) is 37.9 Å². The van der Waals surface area contributed by atoms with Gasteiger partial charge in [0, 0.05) is 38.9 Å². The van der Waals surface area contributed by atoms with Crippen molar-refractivity contribution in [2.24, 2.45) is 11.7 Å². The van der Waals surface area contributed by atoms with E-state index in [0.717, 1.165) is 52.1 Å². The van der Waals surface area contributed by atoms with Crippen molar-refractivity contribution in [3.8, 4) is 0 Å². The number of halogens is 2. The molecule has 5 nitrogen and oxygen atoms in total. The molecule has 2 unspecified atom stereocenters. The van der Waals surface area contributed by atoms with Crippen LogP contribution in [0.15, 0.2) is 30.3 Å². The molecular weight excluding hydrogens is 361 g/mol. The van der Waals surface area contributed by atoms with E-state index in [1.807, 2.05) is 6.07 Å². The lowest BCUT2D eigenvalue weighted by molar-refractivity contribution is -0.125. The number of nitrogens with two attached hydrogens (primary N) is 1. The monoisotopic (exact) mass is 389 g/mol. The quantitative estimate of drug-likeness (QED) is 0.807. The Balaban J connectivity index is 0.00000156. The zero-order valence-corrected chi connectivity index (χ0v) is 16.1. The summed E-state index contributed by atoms with van der Waals surface area (Å²) in [5, 5.41) is 3.15. The molecule has 2 atom stereocenters. The molecule has 0 aliphatic carbocycles. The predicted molar refractivity (Wildman–Crippen MR) is 104 cm³/mol. The maximum absolute atomic E-state index is 12.4. The van der Waals surface area contributed by atoms with Crippen LogP contribution >= 0.6 is 24.8 Å². The summed E-state index contributed by atoms with van der Waals surface area (Å²) in [6, 6.07) is 10.3. The Labute approximate surface area is 162 Å². The first kappa shape index (κ1) is 22.2. The molecule has 1 aromatic carbocycles. The van der Waals surface area contributed by atoms with Crippen LogP contribution in [0.3, 0.4) is 0 Å². The zero-order valence-electron chi connectivity index (χ0n) is 14.4. The molecule has 0 spiro atoms. The average Bonchev–Trinajstić information content (AvgIpc) is 3.02. The van der Waals surface area contributed by atoms with E-state index in [9.17, 15) is 4.79 Å². The number of amides is 1. The van der Waals surface area contributed by atoms with Crippen molar-refractivity contribution in [3.63, 3.8) is 0 Å². The maximum Gasteiger partial charge on any atom is 0.237 e. The number of likely N-dealkylation sites (tertiary alicyclic amines) is 1. The summed E-state index contributed by atoms with van der Waals surface area (Å²) in [6.45, 7) is 4.31. The minimum absolute atomic E-state index is 0. The van der Waals surface area contributed by atoms with Crippen LogP contribution in [0, 0.1) is 5.92 Å². The molecule has 2 fully saturated rings. The highest BCUT2D eigenvalue weighted by atomic mass is 35.5. The van der Waals surface area contributed by atoms with E-state index in [1.54, 1.807) is 0 Å². The fourth-order valence-electron chi connectivity index (χ4n) is 3.52. The molecule has 2 aliphatic rings. The summed E-state index contributed by atoms with van der Waals surface area (Å²) in [5.41, 5.74) is 7.47. The Morgan fingerprint density at radius 3 is 2.56 bits per heavy atom. The van der Waals surface area contributed by atoms with Crippen molar-refractivity contribution >= 4 is 30.7 Å². The number of ether oxygens (including phenoxy) is 1. The second-order valence-electron chi connectivity index (χ2n) is 6.69. The molecule has 0 aromatic heterocycles. The lowest BCUT2D eigenvalue weighted by Gasteiger charge is -2.27. The fraction of sp³-hybridized carbons (Fsp3) is 0.611. The van der Waals surface area contributed by atoms with Gasteiger partial charge in [0.2, 0.25) is 5.91 Å². The minimum atomic E-state index is -0.401. The first-order chi connectivity index (χ1) is 11.2. The van der Waals surface area contributed by atoms with Crippen LogP contribution in [-0.2, 0) is 16.1 Å². The van der Waals surface area contributed by atoms with E-state index in [1.165, 1.54) is 5.56 Å². The minimum Gasteiger partial charge on any atom is -0.381 e. The summed E-state index contributed by atoms with van der Waals surface area (Å²) in [5.74, 6) is 0.258. The van der Waals surface area contributed by atoms with Gasteiger partial charge < -0.3 is 15.8 Å². The van der Waals surface area contributed by atoms with Crippen LogP contribution in [-0.4, -0.2) is 49.2 Å². The van der Waals surface area contributed by atoms with E-state index in [-0.39, 0.29) is 42.7 Å². The van der Waals surface area contributed by atoms with Gasteiger partial charge in [0.15, 0.2) is 0 Å². The molecule has 3 rings (SSSR count). The van der Waals surface area contributed by atoms with Crippen LogP contribution in [0.25, 0.3) is 0 Å². The molecule has 2 saturated heterocycles. The number of nitrogens with zero attached hydrogens (tertiary/aromatic N) is 1. The Morgan fingerprint density at radius 1 is 1.20 bits per heavy atom. The summed E-state index contributed by atoms with van der Waals surface area (Å²) in [4.78, 5) is 14.8. The van der Waals surface area contributed by atoms with Gasteiger partial charge in [-0.3, -0.25) is 9.69 Å². The number of benzene rings is 1. The molecule has 7 heteroatoms. The summed E-state index contributed by atoms with van der Waals surface area (Å²) in [6.07, 6.45) is 2.78. The van der Waals surface area contributed by atoms with E-state index in [4.69, 9.17) is 10.5 Å². The third-order valence-electron chi connectivity index (χ3n) is 4.94. The first-order valence-electron chi connectivity index (χ1n) is 8.62. The molecule has 1 aromatic rings. The Morgan fingerprint density at radius 2 is 1.88 bits per heavy atom. The van der Waals surface area contributed by atoms with Gasteiger partial charge in [-0.2, -0.15) is 0 Å². The summed E-state index contributed by atoms with van der Waals surface area (Å²) >= 11 is 0. The van der Waals surface area contributed by atoms with Crippen LogP contribution in [0.4, 0.5) is 0 Å². The van der Waals surface area contributed by atoms with Crippen LogP contribution in [0.1, 0.15) is 24.8 Å². The summed E-state index contributed by atoms with van der Waals surface area (Å²) < 4.78 is 5.34. The van der Waals surface area contributed by atoms with Crippen molar-refractivity contribution < 1.29 is 9.53 Å². The molecule has 3 N–H and O–H groups in total. The molecular formula is C18H29Cl2N3O2. The zero-order chi connectivity index (χ0) is 16.1. The number of nitrogens with one attached hydrogen (secondary N) is 1. The molecule has 2 aliphatic heterocycles. The van der Waals surface area contributed by atoms with Gasteiger partial charge in [-0.25, -0.2) is 0 Å². The fourth-order valence-corrected chi connectivity index (χ4v) is 3.52. The van der Waals surface area contributed by atoms with Crippen molar-refractivity contribution in [3.05, 3.63) is 35.9 Å². The molecule has 25 heavy (non-hydrogen) atoms. The third kappa shape index (κ3) is 6.42. The highest BCUT2D eigenvalue weighted by Gasteiger charge is 2.30. The topological polar surface area (TPSA) is 67.6 Å². The van der Waals surface area contributed by atoms with Crippen molar-refractivity contribution in [1.82, 2.24) is 10.2 Å². The van der Waals surface area contributed by atoms with Gasteiger partial charge in [-0.1, -0.05) is 30.3 Å². The molecule has 0 bridgehead atoms. The highest BCUT2D eigenvalue weighted by Crippen LogP contribution is 2.19. The maximum atomic E-state index is 12.4. The largest absolute Gasteiger partial charge is 0.381 e. The lowest BCUT2D eigenvalue weighted by Crippen LogP contribution is -2.50. The molecule has 142 valence electrons. The standard InChI is InChI=1S/C18H27N3O2.2ClH/c19-17(15-7-10-23-11-8-15)18(22)20-16-6-9-21(13-16)12-14-4-2-1-3-5-14;;/h1-5,15-17H,6-13,19H2,(H,20,22);2*1H. The molecule has 0 radical (unpaired) electrons. The van der Waals surface area contributed by atoms with Gasteiger partial charge in [0.05, 0.1) is 6.04 Å². The second-order valence-corrected chi connectivity index (χ2v) is 6.69. The lowest BCUT2D eigenvalue weighted by atomic mass is 9.91. The third-order valence-corrected chi connectivity index (χ3v) is 4.94. The first-order valence-corrected chi connectivity index (χ1v) is 8.62. The Kier molecular flexibility index (Phi) is 9.75. The van der Waals surface area contributed by atoms with Crippen molar-refractivity contribution in [1.29, 1.82) is 0 Å². The van der Waals surface area contributed by atoms with Crippen molar-refractivity contribution in [2.75, 3.05) is 26.3 Å². The Hall–Kier alpha value is -0.850. The van der Waals surface area contributed by atoms with E-state index in [2.05, 4.69) is 34.5 Å². The van der Waals surface area contributed by atoms with Crippen LogP contribution in [0.2, 0.25) is 0 Å². The van der Waals surface area contributed by atoms with Gasteiger partial charge in [-0.15, -0.1) is 24.8 Å². The molecule has 0 saturated carbocycles. The predicted octanol–water partition coefficient (Wildman–Crippen LogP) is 1.97. The normalized spacial score (nSPS) is 22.5. The SMILES string of the molecule is Cl.Cl.NC(C(=O)NC1CCN(Cc2ccccc2)C1)C1CCOCC1. The average molecular weight is 390 g/mol. The van der Waals surface area contributed by atoms with Crippen LogP contribution < -0.4 is 11.1 Å². The van der Waals surface area contributed by atoms with Gasteiger partial charge in [0.25, 0.3) is 0 Å². The number of rotatable bonds is 5. The Bertz CT molecular complexity index is 512. The van der Waals surface area contributed by atoms with E-state index >= 15 is 0 Å². The summed E-state index contributed by atoms with van der Waals surface area (Å²) in [7, 11) is 0. The molecule has 2 heterocycles. The van der Waals surface area contributed by atoms with E-state index in [0.29, 0.717) is 0 Å². The van der Waals surface area contributed by atoms with Gasteiger partial charge in [0.1, 0.15) is 0 Å². The number of hydrogen-bond acceptors (Lipinski definition) is 4. The smallest absolute Gasteiger partial charge is 0.237 e. The van der Waals surface area contributed by atoms with E-state index < -0.39 is 6.04 Å². The second kappa shape index (κ2) is 11.0. The highest BCUT2D eigenvalue weighted by molar-refractivity contribution is 5.85. The number of carbonyl (C=O) groups is 1. The van der Waals surface area contributed by atoms with Gasteiger partial charge >= 0.3 is 0 Å². The number of hydrogen-bond donors (Lipinski definition) is 2. The number of carbonyl (C=O) groups excluding carboxylic acids is 1. The molecule has 1 amide bonds. The van der Waals surface area contributed by atoms with Gasteiger partial charge in [-0.05, 0) is 30.7 Å². The van der Waals surface area contributed by atoms with Crippen LogP contribution in [0.5, 0.6) is 0 Å².